The summed E-state index contributed by atoms with van der Waals surface area (Å²) >= 11 is 1.39. The molecule has 6 nitrogen and oxygen atoms in total. The van der Waals surface area contributed by atoms with Gasteiger partial charge in [0, 0.05) is 7.05 Å². The van der Waals surface area contributed by atoms with Crippen molar-refractivity contribution < 1.29 is 8.42 Å². The van der Waals surface area contributed by atoms with Gasteiger partial charge >= 0.3 is 0 Å². The van der Waals surface area contributed by atoms with Gasteiger partial charge in [0.2, 0.25) is 0 Å². The maximum atomic E-state index is 12.5. The van der Waals surface area contributed by atoms with Gasteiger partial charge in [-0.1, -0.05) is 54.2 Å². The van der Waals surface area contributed by atoms with Crippen molar-refractivity contribution in [2.24, 2.45) is 7.05 Å². The number of hydrogen-bond acceptors (Lipinski definition) is 5. The third kappa shape index (κ3) is 3.44. The zero-order valence-electron chi connectivity index (χ0n) is 13.2. The second-order valence-corrected chi connectivity index (χ2v) is 7.50. The van der Waals surface area contributed by atoms with Gasteiger partial charge < -0.3 is 0 Å². The van der Waals surface area contributed by atoms with Crippen molar-refractivity contribution in [2.45, 2.75) is 10.1 Å². The number of thioether (sulfide) groups is 1. The van der Waals surface area contributed by atoms with Gasteiger partial charge in [0.1, 0.15) is 0 Å². The Balaban J connectivity index is 1.84. The summed E-state index contributed by atoms with van der Waals surface area (Å²) in [5.74, 6) is 0.0639. The summed E-state index contributed by atoms with van der Waals surface area (Å²) in [5.41, 5.74) is 1.99. The van der Waals surface area contributed by atoms with Crippen molar-refractivity contribution in [1.29, 1.82) is 0 Å². The fourth-order valence-electron chi connectivity index (χ4n) is 2.23. The van der Waals surface area contributed by atoms with Crippen molar-refractivity contribution in [3.63, 3.8) is 0 Å². The number of aryl methyl sites for hydroxylation is 1. The van der Waals surface area contributed by atoms with E-state index in [-0.39, 0.29) is 10.8 Å². The quantitative estimate of drug-likeness (QED) is 0.708. The number of sulfonamides is 1. The van der Waals surface area contributed by atoms with E-state index in [2.05, 4.69) is 14.8 Å². The highest BCUT2D eigenvalue weighted by molar-refractivity contribution is 7.98. The van der Waals surface area contributed by atoms with Crippen LogP contribution in [0, 0.1) is 0 Å². The monoisotopic (exact) mass is 360 g/mol. The first-order chi connectivity index (χ1) is 11.5. The number of aromatic nitrogens is 3. The molecule has 0 aliphatic carbocycles. The van der Waals surface area contributed by atoms with E-state index >= 15 is 0 Å². The molecule has 0 spiro atoms. The Morgan fingerprint density at radius 1 is 1.00 bits per heavy atom. The van der Waals surface area contributed by atoms with Gasteiger partial charge in [0.15, 0.2) is 5.16 Å². The largest absolute Gasteiger partial charge is 0.264 e. The van der Waals surface area contributed by atoms with Crippen LogP contribution in [0.2, 0.25) is 0 Å². The number of nitrogens with one attached hydrogen (secondary N) is 1. The first kappa shape index (κ1) is 16.5. The molecule has 0 amide bonds. The summed E-state index contributed by atoms with van der Waals surface area (Å²) in [6.07, 6.45) is 1.85. The van der Waals surface area contributed by atoms with E-state index < -0.39 is 10.0 Å². The second-order valence-electron chi connectivity index (χ2n) is 5.04. The smallest absolute Gasteiger partial charge is 0.246 e. The molecule has 2 aromatic carbocycles. The van der Waals surface area contributed by atoms with Crippen LogP contribution in [0.25, 0.3) is 11.1 Å². The van der Waals surface area contributed by atoms with E-state index in [1.165, 1.54) is 16.4 Å². The predicted octanol–water partition coefficient (Wildman–Crippen LogP) is 3.00. The van der Waals surface area contributed by atoms with Gasteiger partial charge in [0.05, 0.1) is 4.90 Å². The second kappa shape index (κ2) is 6.66. The van der Waals surface area contributed by atoms with Crippen LogP contribution in [0.3, 0.4) is 0 Å². The minimum atomic E-state index is -3.72. The topological polar surface area (TPSA) is 76.9 Å². The molecule has 124 valence electrons. The molecule has 0 aliphatic heterocycles. The Bertz CT molecular complexity index is 936. The van der Waals surface area contributed by atoms with E-state index in [9.17, 15) is 8.42 Å². The highest BCUT2D eigenvalue weighted by Gasteiger charge is 2.17. The zero-order chi connectivity index (χ0) is 17.2. The molecule has 3 rings (SSSR count). The summed E-state index contributed by atoms with van der Waals surface area (Å²) in [7, 11) is -2.01. The first-order valence-corrected chi connectivity index (χ1v) is 9.84. The van der Waals surface area contributed by atoms with Crippen molar-refractivity contribution in [1.82, 2.24) is 14.8 Å². The molecule has 0 bridgehead atoms. The van der Waals surface area contributed by atoms with Crippen molar-refractivity contribution in [3.05, 3.63) is 54.6 Å². The summed E-state index contributed by atoms with van der Waals surface area (Å²) in [5, 5.41) is 4.68. The Hall–Kier alpha value is -2.32. The molecular weight excluding hydrogens is 344 g/mol. The lowest BCUT2D eigenvalue weighted by Gasteiger charge is -2.06. The van der Waals surface area contributed by atoms with E-state index in [0.29, 0.717) is 5.16 Å². The van der Waals surface area contributed by atoms with Crippen LogP contribution in [-0.4, -0.2) is 29.4 Å². The van der Waals surface area contributed by atoms with E-state index in [0.717, 1.165) is 11.1 Å². The van der Waals surface area contributed by atoms with Crippen molar-refractivity contribution >= 4 is 27.7 Å². The molecule has 1 aromatic heterocycles. The summed E-state index contributed by atoms with van der Waals surface area (Å²) in [6, 6.07) is 16.5. The number of hydrogen-bond donors (Lipinski definition) is 1. The lowest BCUT2D eigenvalue weighted by molar-refractivity contribution is 0.600. The molecule has 0 radical (unpaired) electrons. The number of anilines is 1. The maximum Gasteiger partial charge on any atom is 0.264 e. The van der Waals surface area contributed by atoms with Crippen molar-refractivity contribution in [2.75, 3.05) is 11.0 Å². The van der Waals surface area contributed by atoms with Gasteiger partial charge in [-0.25, -0.2) is 17.8 Å². The summed E-state index contributed by atoms with van der Waals surface area (Å²) in [6.45, 7) is 0. The van der Waals surface area contributed by atoms with Gasteiger partial charge in [-0.2, -0.15) is 4.98 Å². The Morgan fingerprint density at radius 3 is 2.21 bits per heavy atom. The van der Waals surface area contributed by atoms with Crippen molar-refractivity contribution in [3.8, 4) is 11.1 Å². The van der Waals surface area contributed by atoms with Crippen LogP contribution in [0.5, 0.6) is 0 Å². The minimum Gasteiger partial charge on any atom is -0.246 e. The van der Waals surface area contributed by atoms with Gasteiger partial charge in [-0.05, 0) is 29.5 Å². The molecule has 8 heteroatoms. The molecule has 1 heterocycles. The average molecular weight is 360 g/mol. The third-order valence-electron chi connectivity index (χ3n) is 3.40. The number of benzene rings is 2. The molecule has 24 heavy (non-hydrogen) atoms. The first-order valence-electron chi connectivity index (χ1n) is 7.13. The molecule has 1 N–H and O–H groups in total. The van der Waals surface area contributed by atoms with E-state index in [1.54, 1.807) is 31.3 Å². The van der Waals surface area contributed by atoms with Crippen LogP contribution in [0.15, 0.2) is 64.6 Å². The Labute approximate surface area is 145 Å². The summed E-state index contributed by atoms with van der Waals surface area (Å²) in [4.78, 5) is 4.30. The molecule has 0 unspecified atom stereocenters. The van der Waals surface area contributed by atoms with Crippen LogP contribution in [0.1, 0.15) is 0 Å². The molecular formula is C16H16N4O2S2. The molecule has 3 aromatic rings. The zero-order valence-corrected chi connectivity index (χ0v) is 14.8. The van der Waals surface area contributed by atoms with Gasteiger partial charge in [0.25, 0.3) is 16.0 Å². The molecule has 0 aliphatic rings. The lowest BCUT2D eigenvalue weighted by Crippen LogP contribution is -2.14. The van der Waals surface area contributed by atoms with E-state index in [4.69, 9.17) is 0 Å². The van der Waals surface area contributed by atoms with Gasteiger partial charge in [-0.3, -0.25) is 0 Å². The molecule has 0 saturated heterocycles. The van der Waals surface area contributed by atoms with Crippen LogP contribution in [0.4, 0.5) is 5.95 Å². The highest BCUT2D eigenvalue weighted by Crippen LogP contribution is 2.22. The summed E-state index contributed by atoms with van der Waals surface area (Å²) < 4.78 is 28.8. The normalized spacial score (nSPS) is 11.4. The molecule has 0 atom stereocenters. The fourth-order valence-corrected chi connectivity index (χ4v) is 3.65. The fraction of sp³-hybridized carbons (Fsp3) is 0.125. The minimum absolute atomic E-state index is 0.0639. The third-order valence-corrected chi connectivity index (χ3v) is 5.47. The average Bonchev–Trinajstić information content (AvgIpc) is 2.94. The predicted molar refractivity (Wildman–Crippen MR) is 95.5 cm³/mol. The number of rotatable bonds is 5. The standard InChI is InChI=1S/C16H16N4O2S2/c1-20-16(23-2)17-15(18-20)19-24(21,22)14-10-8-13(9-11-14)12-6-4-3-5-7-12/h3-11H,1-2H3,(H,18,19). The van der Waals surface area contributed by atoms with Crippen LogP contribution >= 0.6 is 11.8 Å². The molecule has 0 saturated carbocycles. The van der Waals surface area contributed by atoms with Crippen LogP contribution in [-0.2, 0) is 17.1 Å². The van der Waals surface area contributed by atoms with Gasteiger partial charge in [-0.15, -0.1) is 5.10 Å². The lowest BCUT2D eigenvalue weighted by atomic mass is 10.1. The Morgan fingerprint density at radius 2 is 1.62 bits per heavy atom. The highest BCUT2D eigenvalue weighted by atomic mass is 32.2. The van der Waals surface area contributed by atoms with Crippen LogP contribution < -0.4 is 4.72 Å². The Kier molecular flexibility index (Phi) is 4.59. The molecule has 0 fully saturated rings. The maximum absolute atomic E-state index is 12.5. The van der Waals surface area contributed by atoms with E-state index in [1.807, 2.05) is 36.6 Å². The SMILES string of the molecule is CSc1nc(NS(=O)(=O)c2ccc(-c3ccccc3)cc2)nn1C. The number of nitrogens with zero attached hydrogens (tertiary/aromatic N) is 3.